The number of amides is 2. The van der Waals surface area contributed by atoms with Crippen LogP contribution in [-0.2, 0) is 9.59 Å². The Morgan fingerprint density at radius 3 is 2.74 bits per heavy atom. The fourth-order valence-corrected chi connectivity index (χ4v) is 1.40. The zero-order chi connectivity index (χ0) is 14.3. The van der Waals surface area contributed by atoms with Gasteiger partial charge >= 0.3 is 0 Å². The summed E-state index contributed by atoms with van der Waals surface area (Å²) in [5, 5.41) is 13.8. The fraction of sp³-hybridized carbons (Fsp3) is 0.286. The Kier molecular flexibility index (Phi) is 5.58. The number of carbonyl (C=O) groups is 2. The maximum absolute atomic E-state index is 11.6. The number of hydrogen-bond acceptors (Lipinski definition) is 3. The molecule has 5 nitrogen and oxygen atoms in total. The van der Waals surface area contributed by atoms with Gasteiger partial charge in [-0.1, -0.05) is 17.9 Å². The highest BCUT2D eigenvalue weighted by Gasteiger charge is 2.06. The summed E-state index contributed by atoms with van der Waals surface area (Å²) >= 11 is 0. The number of anilines is 1. The van der Waals surface area contributed by atoms with Crippen molar-refractivity contribution in [3.63, 3.8) is 0 Å². The first-order valence-corrected chi connectivity index (χ1v) is 5.77. The average molecular weight is 260 g/mol. The number of benzene rings is 1. The van der Waals surface area contributed by atoms with Crippen LogP contribution in [0.4, 0.5) is 5.69 Å². The van der Waals surface area contributed by atoms with E-state index in [0.29, 0.717) is 11.3 Å². The highest BCUT2D eigenvalue weighted by atomic mass is 16.2. The minimum Gasteiger partial charge on any atom is -0.384 e. The number of hydrogen-bond donors (Lipinski definition) is 3. The standard InChI is InChI=1S/C14H16N2O3/c1-10-5-6-13(12(8-10)4-3-7-17)16-14(19)9-15-11(2)18/h5-6,8,17H,7,9H2,1-2H3,(H,15,18)(H,16,19). The maximum Gasteiger partial charge on any atom is 0.243 e. The van der Waals surface area contributed by atoms with Crippen molar-refractivity contribution in [3.05, 3.63) is 29.3 Å². The molecule has 1 aromatic carbocycles. The van der Waals surface area contributed by atoms with Crippen molar-refractivity contribution in [2.75, 3.05) is 18.5 Å². The summed E-state index contributed by atoms with van der Waals surface area (Å²) in [7, 11) is 0. The monoisotopic (exact) mass is 260 g/mol. The van der Waals surface area contributed by atoms with Gasteiger partial charge < -0.3 is 15.7 Å². The molecule has 19 heavy (non-hydrogen) atoms. The second-order valence-electron chi connectivity index (χ2n) is 3.97. The van der Waals surface area contributed by atoms with Crippen LogP contribution in [0, 0.1) is 18.8 Å². The Balaban J connectivity index is 2.82. The first-order valence-electron chi connectivity index (χ1n) is 5.77. The molecule has 0 spiro atoms. The minimum absolute atomic E-state index is 0.0872. The Labute approximate surface area is 112 Å². The van der Waals surface area contributed by atoms with Gasteiger partial charge in [-0.2, -0.15) is 0 Å². The molecule has 100 valence electrons. The van der Waals surface area contributed by atoms with Gasteiger partial charge in [0.2, 0.25) is 11.8 Å². The molecule has 0 aromatic heterocycles. The molecule has 0 aliphatic carbocycles. The van der Waals surface area contributed by atoms with E-state index in [1.807, 2.05) is 19.1 Å². The van der Waals surface area contributed by atoms with Crippen LogP contribution >= 0.6 is 0 Å². The molecule has 0 bridgehead atoms. The second-order valence-corrected chi connectivity index (χ2v) is 3.97. The summed E-state index contributed by atoms with van der Waals surface area (Å²) < 4.78 is 0. The predicted octanol–water partition coefficient (Wildman–Crippen LogP) is 0.413. The summed E-state index contributed by atoms with van der Waals surface area (Å²) in [5.74, 6) is 4.72. The lowest BCUT2D eigenvalue weighted by Gasteiger charge is -2.08. The van der Waals surface area contributed by atoms with Gasteiger partial charge in [-0.25, -0.2) is 0 Å². The van der Waals surface area contributed by atoms with Gasteiger partial charge in [-0.15, -0.1) is 0 Å². The molecule has 0 aliphatic rings. The lowest BCUT2D eigenvalue weighted by molar-refractivity contribution is -0.122. The minimum atomic E-state index is -0.328. The number of aliphatic hydroxyl groups is 1. The molecular formula is C14H16N2O3. The van der Waals surface area contributed by atoms with Gasteiger partial charge in [0.15, 0.2) is 0 Å². The highest BCUT2D eigenvalue weighted by molar-refractivity contribution is 5.95. The van der Waals surface area contributed by atoms with E-state index in [1.54, 1.807) is 6.07 Å². The lowest BCUT2D eigenvalue weighted by atomic mass is 10.1. The first kappa shape index (κ1) is 14.7. The largest absolute Gasteiger partial charge is 0.384 e. The van der Waals surface area contributed by atoms with Gasteiger partial charge in [0.25, 0.3) is 0 Å². The SMILES string of the molecule is CC(=O)NCC(=O)Nc1ccc(C)cc1C#CCO. The summed E-state index contributed by atoms with van der Waals surface area (Å²) in [6.07, 6.45) is 0. The Bertz CT molecular complexity index is 541. The van der Waals surface area contributed by atoms with Crippen molar-refractivity contribution in [3.8, 4) is 11.8 Å². The van der Waals surface area contributed by atoms with Gasteiger partial charge in [-0.05, 0) is 24.6 Å². The Hall–Kier alpha value is -2.32. The summed E-state index contributed by atoms with van der Waals surface area (Å²) in [4.78, 5) is 22.3. The summed E-state index contributed by atoms with van der Waals surface area (Å²) in [5.41, 5.74) is 2.19. The van der Waals surface area contributed by atoms with Gasteiger partial charge in [-0.3, -0.25) is 9.59 Å². The normalized spacial score (nSPS) is 9.21. The molecule has 0 atom stereocenters. The third kappa shape index (κ3) is 5.23. The average Bonchev–Trinajstić information content (AvgIpc) is 2.36. The van der Waals surface area contributed by atoms with Gasteiger partial charge in [0.05, 0.1) is 12.2 Å². The molecule has 0 radical (unpaired) electrons. The van der Waals surface area contributed by atoms with Crippen LogP contribution in [0.5, 0.6) is 0 Å². The van der Waals surface area contributed by atoms with Crippen molar-refractivity contribution in [2.24, 2.45) is 0 Å². The van der Waals surface area contributed by atoms with Crippen LogP contribution in [0.1, 0.15) is 18.1 Å². The predicted molar refractivity (Wildman–Crippen MR) is 72.5 cm³/mol. The molecule has 3 N–H and O–H groups in total. The number of nitrogens with one attached hydrogen (secondary N) is 2. The number of rotatable bonds is 3. The Morgan fingerprint density at radius 1 is 1.37 bits per heavy atom. The molecular weight excluding hydrogens is 244 g/mol. The molecule has 2 amide bonds. The van der Waals surface area contributed by atoms with Crippen molar-refractivity contribution >= 4 is 17.5 Å². The van der Waals surface area contributed by atoms with Crippen LogP contribution in [-0.4, -0.2) is 30.1 Å². The fourth-order valence-electron chi connectivity index (χ4n) is 1.40. The number of aryl methyl sites for hydroxylation is 1. The quantitative estimate of drug-likeness (QED) is 0.689. The van der Waals surface area contributed by atoms with E-state index in [4.69, 9.17) is 5.11 Å². The maximum atomic E-state index is 11.6. The second kappa shape index (κ2) is 7.19. The topological polar surface area (TPSA) is 78.4 Å². The molecule has 0 aliphatic heterocycles. The van der Waals surface area contributed by atoms with Crippen LogP contribution in [0.3, 0.4) is 0 Å². The van der Waals surface area contributed by atoms with E-state index in [0.717, 1.165) is 5.56 Å². The zero-order valence-corrected chi connectivity index (χ0v) is 10.9. The molecule has 0 saturated heterocycles. The molecule has 0 heterocycles. The highest BCUT2D eigenvalue weighted by Crippen LogP contribution is 2.16. The van der Waals surface area contributed by atoms with Gasteiger partial charge in [0.1, 0.15) is 6.61 Å². The molecule has 5 heteroatoms. The zero-order valence-electron chi connectivity index (χ0n) is 10.9. The molecule has 1 aromatic rings. The molecule has 1 rings (SSSR count). The van der Waals surface area contributed by atoms with E-state index in [9.17, 15) is 9.59 Å². The van der Waals surface area contributed by atoms with Crippen molar-refractivity contribution in [1.82, 2.24) is 5.32 Å². The van der Waals surface area contributed by atoms with E-state index in [-0.39, 0.29) is 25.0 Å². The van der Waals surface area contributed by atoms with Crippen molar-refractivity contribution < 1.29 is 14.7 Å². The van der Waals surface area contributed by atoms with Crippen LogP contribution in [0.15, 0.2) is 18.2 Å². The van der Waals surface area contributed by atoms with Crippen LogP contribution < -0.4 is 10.6 Å². The third-order valence-electron chi connectivity index (χ3n) is 2.25. The van der Waals surface area contributed by atoms with E-state index in [1.165, 1.54) is 6.92 Å². The summed E-state index contributed by atoms with van der Waals surface area (Å²) in [6.45, 7) is 2.92. The van der Waals surface area contributed by atoms with Crippen molar-refractivity contribution in [2.45, 2.75) is 13.8 Å². The number of aliphatic hydroxyl groups excluding tert-OH is 1. The van der Waals surface area contributed by atoms with Gasteiger partial charge in [0, 0.05) is 12.5 Å². The molecule has 0 unspecified atom stereocenters. The summed E-state index contributed by atoms with van der Waals surface area (Å²) in [6, 6.07) is 5.40. The third-order valence-corrected chi connectivity index (χ3v) is 2.25. The molecule has 0 saturated carbocycles. The van der Waals surface area contributed by atoms with Crippen molar-refractivity contribution in [1.29, 1.82) is 0 Å². The van der Waals surface area contributed by atoms with Crippen LogP contribution in [0.2, 0.25) is 0 Å². The van der Waals surface area contributed by atoms with E-state index < -0.39 is 0 Å². The van der Waals surface area contributed by atoms with E-state index >= 15 is 0 Å². The van der Waals surface area contributed by atoms with E-state index in [2.05, 4.69) is 22.5 Å². The first-order chi connectivity index (χ1) is 9.02. The smallest absolute Gasteiger partial charge is 0.243 e. The Morgan fingerprint density at radius 2 is 2.11 bits per heavy atom. The molecule has 0 fully saturated rings. The number of carbonyl (C=O) groups excluding carboxylic acids is 2. The van der Waals surface area contributed by atoms with Crippen LogP contribution in [0.25, 0.3) is 0 Å². The lowest BCUT2D eigenvalue weighted by Crippen LogP contribution is -2.31.